The SMILES string of the molecule is Nc1cc(F)cc(C(=O)OC2CCCCC2)c1. The summed E-state index contributed by atoms with van der Waals surface area (Å²) in [6, 6.07) is 3.77. The van der Waals surface area contributed by atoms with Crippen LogP contribution in [0.4, 0.5) is 10.1 Å². The molecule has 92 valence electrons. The molecule has 1 saturated carbocycles. The molecule has 0 atom stereocenters. The van der Waals surface area contributed by atoms with Crippen LogP contribution in [-0.2, 0) is 4.74 Å². The minimum Gasteiger partial charge on any atom is -0.459 e. The number of halogens is 1. The molecule has 0 spiro atoms. The number of esters is 1. The summed E-state index contributed by atoms with van der Waals surface area (Å²) in [5.74, 6) is -0.997. The molecule has 0 aliphatic heterocycles. The number of nitrogen functional groups attached to an aromatic ring is 1. The predicted molar refractivity (Wildman–Crippen MR) is 63.1 cm³/mol. The first-order valence-corrected chi connectivity index (χ1v) is 5.92. The molecule has 1 aromatic carbocycles. The Morgan fingerprint density at radius 3 is 2.59 bits per heavy atom. The van der Waals surface area contributed by atoms with E-state index in [2.05, 4.69) is 0 Å². The van der Waals surface area contributed by atoms with Crippen LogP contribution in [0.3, 0.4) is 0 Å². The predicted octanol–water partition coefficient (Wildman–Crippen LogP) is 2.90. The Labute approximate surface area is 99.8 Å². The van der Waals surface area contributed by atoms with Gasteiger partial charge in [0.2, 0.25) is 0 Å². The number of ether oxygens (including phenoxy) is 1. The number of anilines is 1. The van der Waals surface area contributed by atoms with E-state index in [9.17, 15) is 9.18 Å². The average Bonchev–Trinajstić information content (AvgIpc) is 2.29. The summed E-state index contributed by atoms with van der Waals surface area (Å²) in [6.45, 7) is 0. The van der Waals surface area contributed by atoms with Crippen LogP contribution in [0.25, 0.3) is 0 Å². The van der Waals surface area contributed by atoms with E-state index in [1.165, 1.54) is 18.6 Å². The third kappa shape index (κ3) is 3.19. The lowest BCUT2D eigenvalue weighted by molar-refractivity contribution is 0.0210. The molecule has 1 aliphatic carbocycles. The van der Waals surface area contributed by atoms with Crippen molar-refractivity contribution in [2.45, 2.75) is 38.2 Å². The third-order valence-electron chi connectivity index (χ3n) is 2.98. The Hall–Kier alpha value is -1.58. The van der Waals surface area contributed by atoms with Crippen molar-refractivity contribution in [3.8, 4) is 0 Å². The highest BCUT2D eigenvalue weighted by Crippen LogP contribution is 2.22. The van der Waals surface area contributed by atoms with Crippen molar-refractivity contribution in [1.29, 1.82) is 0 Å². The van der Waals surface area contributed by atoms with Crippen LogP contribution in [0.2, 0.25) is 0 Å². The molecule has 0 unspecified atom stereocenters. The van der Waals surface area contributed by atoms with E-state index in [1.54, 1.807) is 0 Å². The topological polar surface area (TPSA) is 52.3 Å². The molecule has 1 aromatic rings. The summed E-state index contributed by atoms with van der Waals surface area (Å²) < 4.78 is 18.4. The van der Waals surface area contributed by atoms with Crippen LogP contribution in [0.1, 0.15) is 42.5 Å². The molecular formula is C13H16FNO2. The lowest BCUT2D eigenvalue weighted by Crippen LogP contribution is -2.21. The van der Waals surface area contributed by atoms with Gasteiger partial charge in [-0.3, -0.25) is 0 Å². The first kappa shape index (κ1) is 11.9. The number of hydrogen-bond donors (Lipinski definition) is 1. The summed E-state index contributed by atoms with van der Waals surface area (Å²) in [5.41, 5.74) is 5.91. The molecule has 4 heteroatoms. The van der Waals surface area contributed by atoms with Gasteiger partial charge in [0.05, 0.1) is 5.56 Å². The summed E-state index contributed by atoms with van der Waals surface area (Å²) in [5, 5.41) is 0. The minimum atomic E-state index is -0.513. The lowest BCUT2D eigenvalue weighted by Gasteiger charge is -2.21. The standard InChI is InChI=1S/C13H16FNO2/c14-10-6-9(7-11(15)8-10)13(16)17-12-4-2-1-3-5-12/h6-8,12H,1-5,15H2. The largest absolute Gasteiger partial charge is 0.459 e. The maximum absolute atomic E-state index is 13.1. The second-order valence-corrected chi connectivity index (χ2v) is 4.44. The maximum Gasteiger partial charge on any atom is 0.338 e. The number of benzene rings is 1. The Morgan fingerprint density at radius 1 is 1.24 bits per heavy atom. The molecule has 17 heavy (non-hydrogen) atoms. The average molecular weight is 237 g/mol. The molecule has 0 bridgehead atoms. The fourth-order valence-electron chi connectivity index (χ4n) is 2.13. The van der Waals surface area contributed by atoms with Gasteiger partial charge in [0.15, 0.2) is 0 Å². The molecule has 0 heterocycles. The summed E-state index contributed by atoms with van der Waals surface area (Å²) >= 11 is 0. The Morgan fingerprint density at radius 2 is 1.94 bits per heavy atom. The van der Waals surface area contributed by atoms with Crippen molar-refractivity contribution in [1.82, 2.24) is 0 Å². The summed E-state index contributed by atoms with van der Waals surface area (Å²) in [6.07, 6.45) is 5.14. The lowest BCUT2D eigenvalue weighted by atomic mass is 9.98. The van der Waals surface area contributed by atoms with Crippen LogP contribution in [0.15, 0.2) is 18.2 Å². The molecule has 0 saturated heterocycles. The van der Waals surface area contributed by atoms with Gasteiger partial charge in [-0.25, -0.2) is 9.18 Å². The van der Waals surface area contributed by atoms with E-state index in [-0.39, 0.29) is 17.4 Å². The first-order chi connectivity index (χ1) is 8.15. The Balaban J connectivity index is 2.03. The van der Waals surface area contributed by atoms with Gasteiger partial charge in [-0.15, -0.1) is 0 Å². The Kier molecular flexibility index (Phi) is 3.61. The molecule has 0 radical (unpaired) electrons. The van der Waals surface area contributed by atoms with Gasteiger partial charge in [0, 0.05) is 5.69 Å². The van der Waals surface area contributed by atoms with Crippen LogP contribution < -0.4 is 5.73 Å². The highest BCUT2D eigenvalue weighted by molar-refractivity contribution is 5.90. The number of carbonyl (C=O) groups is 1. The van der Waals surface area contributed by atoms with E-state index >= 15 is 0 Å². The maximum atomic E-state index is 13.1. The molecule has 0 aromatic heterocycles. The van der Waals surface area contributed by atoms with E-state index in [0.29, 0.717) is 0 Å². The van der Waals surface area contributed by atoms with Crippen LogP contribution in [0, 0.1) is 5.82 Å². The third-order valence-corrected chi connectivity index (χ3v) is 2.98. The van der Waals surface area contributed by atoms with E-state index in [4.69, 9.17) is 10.5 Å². The highest BCUT2D eigenvalue weighted by atomic mass is 19.1. The fourth-order valence-corrected chi connectivity index (χ4v) is 2.13. The van der Waals surface area contributed by atoms with Gasteiger partial charge in [-0.1, -0.05) is 6.42 Å². The minimum absolute atomic E-state index is 0.0271. The van der Waals surface area contributed by atoms with Crippen molar-refractivity contribution in [3.05, 3.63) is 29.6 Å². The van der Waals surface area contributed by atoms with Crippen molar-refractivity contribution in [2.24, 2.45) is 0 Å². The smallest absolute Gasteiger partial charge is 0.338 e. The first-order valence-electron chi connectivity index (χ1n) is 5.92. The normalized spacial score (nSPS) is 16.8. The molecular weight excluding hydrogens is 221 g/mol. The van der Waals surface area contributed by atoms with Crippen LogP contribution >= 0.6 is 0 Å². The number of hydrogen-bond acceptors (Lipinski definition) is 3. The van der Waals surface area contributed by atoms with E-state index < -0.39 is 11.8 Å². The fraction of sp³-hybridized carbons (Fsp3) is 0.462. The van der Waals surface area contributed by atoms with Gasteiger partial charge in [-0.05, 0) is 43.9 Å². The van der Waals surface area contributed by atoms with Gasteiger partial charge >= 0.3 is 5.97 Å². The highest BCUT2D eigenvalue weighted by Gasteiger charge is 2.19. The molecule has 1 fully saturated rings. The molecule has 2 N–H and O–H groups in total. The van der Waals surface area contributed by atoms with Crippen molar-refractivity contribution >= 4 is 11.7 Å². The summed E-state index contributed by atoms with van der Waals surface area (Å²) in [7, 11) is 0. The molecule has 3 nitrogen and oxygen atoms in total. The van der Waals surface area contributed by atoms with Gasteiger partial charge in [0.1, 0.15) is 11.9 Å². The summed E-state index contributed by atoms with van der Waals surface area (Å²) in [4.78, 5) is 11.8. The molecule has 2 rings (SSSR count). The second-order valence-electron chi connectivity index (χ2n) is 4.44. The van der Waals surface area contributed by atoms with Crippen LogP contribution in [0.5, 0.6) is 0 Å². The van der Waals surface area contributed by atoms with Crippen molar-refractivity contribution in [2.75, 3.05) is 5.73 Å². The van der Waals surface area contributed by atoms with Gasteiger partial charge < -0.3 is 10.5 Å². The zero-order valence-electron chi connectivity index (χ0n) is 9.62. The monoisotopic (exact) mass is 237 g/mol. The van der Waals surface area contributed by atoms with E-state index in [0.717, 1.165) is 31.7 Å². The quantitative estimate of drug-likeness (QED) is 0.635. The number of nitrogens with two attached hydrogens (primary N) is 1. The van der Waals surface area contributed by atoms with Crippen molar-refractivity contribution in [3.63, 3.8) is 0 Å². The van der Waals surface area contributed by atoms with Gasteiger partial charge in [0.25, 0.3) is 0 Å². The Bertz CT molecular complexity index is 394. The van der Waals surface area contributed by atoms with Crippen LogP contribution in [-0.4, -0.2) is 12.1 Å². The van der Waals surface area contributed by atoms with Crippen molar-refractivity contribution < 1.29 is 13.9 Å². The zero-order valence-corrected chi connectivity index (χ0v) is 9.62. The second kappa shape index (κ2) is 5.17. The molecule has 1 aliphatic rings. The van der Waals surface area contributed by atoms with Gasteiger partial charge in [-0.2, -0.15) is 0 Å². The van der Waals surface area contributed by atoms with E-state index in [1.807, 2.05) is 0 Å². The molecule has 0 amide bonds. The zero-order chi connectivity index (χ0) is 12.3. The number of carbonyl (C=O) groups excluding carboxylic acids is 1. The number of rotatable bonds is 2.